The molecule has 0 radical (unpaired) electrons. The van der Waals surface area contributed by atoms with Gasteiger partial charge in [-0.3, -0.25) is 0 Å². The second-order valence-corrected chi connectivity index (χ2v) is 4.40. The summed E-state index contributed by atoms with van der Waals surface area (Å²) in [5.41, 5.74) is 1.19. The van der Waals surface area contributed by atoms with Crippen LogP contribution in [0.5, 0.6) is 0 Å². The van der Waals surface area contributed by atoms with Gasteiger partial charge in [0.2, 0.25) is 0 Å². The molecule has 1 atom stereocenters. The molecule has 2 aromatic carbocycles. The SMILES string of the molecule is CC[C@H](CNC(=O)O)c1ccc2ccccc2c1. The number of carbonyl (C=O) groups is 1. The zero-order valence-corrected chi connectivity index (χ0v) is 10.4. The smallest absolute Gasteiger partial charge is 0.404 e. The van der Waals surface area contributed by atoms with E-state index < -0.39 is 6.09 Å². The molecule has 0 aliphatic carbocycles. The highest BCUT2D eigenvalue weighted by molar-refractivity contribution is 5.83. The Morgan fingerprint density at radius 2 is 1.94 bits per heavy atom. The number of benzene rings is 2. The van der Waals surface area contributed by atoms with Gasteiger partial charge >= 0.3 is 6.09 Å². The number of rotatable bonds is 4. The highest BCUT2D eigenvalue weighted by atomic mass is 16.4. The van der Waals surface area contributed by atoms with Crippen LogP contribution in [0.25, 0.3) is 10.8 Å². The van der Waals surface area contributed by atoms with Gasteiger partial charge in [0.15, 0.2) is 0 Å². The molecule has 3 heteroatoms. The first kappa shape index (κ1) is 12.4. The lowest BCUT2D eigenvalue weighted by atomic mass is 9.94. The van der Waals surface area contributed by atoms with Gasteiger partial charge in [-0.05, 0) is 22.8 Å². The highest BCUT2D eigenvalue weighted by Gasteiger charge is 2.10. The molecule has 2 N–H and O–H groups in total. The minimum atomic E-state index is -0.964. The number of amides is 1. The highest BCUT2D eigenvalue weighted by Crippen LogP contribution is 2.23. The number of carboxylic acid groups (broad SMARTS) is 1. The van der Waals surface area contributed by atoms with Crippen LogP contribution >= 0.6 is 0 Å². The van der Waals surface area contributed by atoms with E-state index in [9.17, 15) is 4.79 Å². The third-order valence-corrected chi connectivity index (χ3v) is 3.24. The van der Waals surface area contributed by atoms with Crippen molar-refractivity contribution in [1.29, 1.82) is 0 Å². The van der Waals surface area contributed by atoms with E-state index in [1.165, 1.54) is 16.3 Å². The van der Waals surface area contributed by atoms with E-state index in [4.69, 9.17) is 5.11 Å². The number of hydrogen-bond donors (Lipinski definition) is 2. The van der Waals surface area contributed by atoms with E-state index in [-0.39, 0.29) is 5.92 Å². The van der Waals surface area contributed by atoms with Crippen LogP contribution in [0.2, 0.25) is 0 Å². The van der Waals surface area contributed by atoms with Gasteiger partial charge < -0.3 is 10.4 Å². The van der Waals surface area contributed by atoms with Crippen molar-refractivity contribution in [2.24, 2.45) is 0 Å². The van der Waals surface area contributed by atoms with E-state index in [0.717, 1.165) is 6.42 Å². The average molecular weight is 243 g/mol. The zero-order valence-electron chi connectivity index (χ0n) is 10.4. The summed E-state index contributed by atoms with van der Waals surface area (Å²) in [6.07, 6.45) is -0.0484. The first-order valence-electron chi connectivity index (χ1n) is 6.16. The summed E-state index contributed by atoms with van der Waals surface area (Å²) in [7, 11) is 0. The number of fused-ring (bicyclic) bond motifs is 1. The van der Waals surface area contributed by atoms with Crippen molar-refractivity contribution in [2.45, 2.75) is 19.3 Å². The summed E-state index contributed by atoms with van der Waals surface area (Å²) in [5.74, 6) is 0.228. The molecule has 0 unspecified atom stereocenters. The van der Waals surface area contributed by atoms with Crippen molar-refractivity contribution in [3.05, 3.63) is 48.0 Å². The summed E-state index contributed by atoms with van der Waals surface area (Å²) in [5, 5.41) is 13.5. The van der Waals surface area contributed by atoms with Crippen LogP contribution in [-0.4, -0.2) is 17.7 Å². The molecule has 3 nitrogen and oxygen atoms in total. The molecule has 0 aliphatic heterocycles. The molecule has 0 saturated carbocycles. The maximum Gasteiger partial charge on any atom is 0.404 e. The fourth-order valence-corrected chi connectivity index (χ4v) is 2.17. The average Bonchev–Trinajstić information content (AvgIpc) is 2.39. The Kier molecular flexibility index (Phi) is 3.82. The minimum Gasteiger partial charge on any atom is -0.465 e. The monoisotopic (exact) mass is 243 g/mol. The molecular formula is C15H17NO2. The lowest BCUT2D eigenvalue weighted by Crippen LogP contribution is -2.26. The quantitative estimate of drug-likeness (QED) is 0.862. The first-order chi connectivity index (χ1) is 8.70. The Balaban J connectivity index is 2.24. The van der Waals surface area contributed by atoms with Gasteiger partial charge in [0, 0.05) is 12.5 Å². The zero-order chi connectivity index (χ0) is 13.0. The summed E-state index contributed by atoms with van der Waals surface area (Å²) in [4.78, 5) is 10.6. The Hall–Kier alpha value is -2.03. The summed E-state index contributed by atoms with van der Waals surface area (Å²) in [6, 6.07) is 14.5. The predicted octanol–water partition coefficient (Wildman–Crippen LogP) is 3.60. The molecule has 0 heterocycles. The topological polar surface area (TPSA) is 49.3 Å². The molecular weight excluding hydrogens is 226 g/mol. The van der Waals surface area contributed by atoms with Gasteiger partial charge in [-0.1, -0.05) is 49.4 Å². The van der Waals surface area contributed by atoms with Gasteiger partial charge in [0.25, 0.3) is 0 Å². The predicted molar refractivity (Wildman–Crippen MR) is 73.0 cm³/mol. The molecule has 0 bridgehead atoms. The molecule has 0 aromatic heterocycles. The molecule has 94 valence electrons. The lowest BCUT2D eigenvalue weighted by molar-refractivity contribution is 0.193. The normalized spacial score (nSPS) is 12.3. The second kappa shape index (κ2) is 5.54. The van der Waals surface area contributed by atoms with Crippen molar-refractivity contribution < 1.29 is 9.90 Å². The number of nitrogens with one attached hydrogen (secondary N) is 1. The summed E-state index contributed by atoms with van der Waals surface area (Å²) in [6.45, 7) is 2.54. The van der Waals surface area contributed by atoms with Crippen LogP contribution in [0, 0.1) is 0 Å². The Morgan fingerprint density at radius 3 is 2.61 bits per heavy atom. The van der Waals surface area contributed by atoms with Gasteiger partial charge in [-0.15, -0.1) is 0 Å². The standard InChI is InChI=1S/C15H17NO2/c1-2-11(10-16-15(17)18)14-8-7-12-5-3-4-6-13(12)9-14/h3-9,11,16H,2,10H2,1H3,(H,17,18)/t11-/m1/s1. The van der Waals surface area contributed by atoms with Crippen molar-refractivity contribution in [3.63, 3.8) is 0 Å². The third-order valence-electron chi connectivity index (χ3n) is 3.24. The molecule has 18 heavy (non-hydrogen) atoms. The van der Waals surface area contributed by atoms with E-state index in [1.807, 2.05) is 12.1 Å². The fraction of sp³-hybridized carbons (Fsp3) is 0.267. The first-order valence-corrected chi connectivity index (χ1v) is 6.16. The van der Waals surface area contributed by atoms with Gasteiger partial charge in [-0.2, -0.15) is 0 Å². The molecule has 0 fully saturated rings. The van der Waals surface area contributed by atoms with E-state index in [2.05, 4.69) is 42.6 Å². The molecule has 1 amide bonds. The van der Waals surface area contributed by atoms with Crippen LogP contribution in [-0.2, 0) is 0 Å². The molecule has 0 saturated heterocycles. The maximum absolute atomic E-state index is 10.6. The molecule has 0 spiro atoms. The second-order valence-electron chi connectivity index (χ2n) is 4.40. The Labute approximate surface area is 106 Å². The van der Waals surface area contributed by atoms with Gasteiger partial charge in [-0.25, -0.2) is 4.79 Å². The number of hydrogen-bond acceptors (Lipinski definition) is 1. The van der Waals surface area contributed by atoms with Crippen LogP contribution in [0.15, 0.2) is 42.5 Å². The fourth-order valence-electron chi connectivity index (χ4n) is 2.17. The van der Waals surface area contributed by atoms with Crippen molar-refractivity contribution >= 4 is 16.9 Å². The molecule has 2 aromatic rings. The molecule has 2 rings (SSSR count). The minimum absolute atomic E-state index is 0.228. The van der Waals surface area contributed by atoms with Crippen LogP contribution in [0.4, 0.5) is 4.79 Å². The van der Waals surface area contributed by atoms with Crippen molar-refractivity contribution in [3.8, 4) is 0 Å². The Morgan fingerprint density at radius 1 is 1.22 bits per heavy atom. The molecule has 0 aliphatic rings. The largest absolute Gasteiger partial charge is 0.465 e. The van der Waals surface area contributed by atoms with Crippen LogP contribution in [0.3, 0.4) is 0 Å². The maximum atomic E-state index is 10.6. The van der Waals surface area contributed by atoms with E-state index in [1.54, 1.807) is 0 Å². The van der Waals surface area contributed by atoms with Gasteiger partial charge in [0.05, 0.1) is 0 Å². The summed E-state index contributed by atoms with van der Waals surface area (Å²) < 4.78 is 0. The van der Waals surface area contributed by atoms with Crippen LogP contribution < -0.4 is 5.32 Å². The van der Waals surface area contributed by atoms with E-state index in [0.29, 0.717) is 6.54 Å². The van der Waals surface area contributed by atoms with Crippen molar-refractivity contribution in [2.75, 3.05) is 6.54 Å². The third kappa shape index (κ3) is 2.80. The van der Waals surface area contributed by atoms with Crippen LogP contribution in [0.1, 0.15) is 24.8 Å². The van der Waals surface area contributed by atoms with Crippen molar-refractivity contribution in [1.82, 2.24) is 5.32 Å². The lowest BCUT2D eigenvalue weighted by Gasteiger charge is -2.15. The Bertz CT molecular complexity index is 551. The van der Waals surface area contributed by atoms with E-state index >= 15 is 0 Å². The summed E-state index contributed by atoms with van der Waals surface area (Å²) >= 11 is 0. The van der Waals surface area contributed by atoms with Gasteiger partial charge in [0.1, 0.15) is 0 Å².